The number of halogens is 2. The van der Waals surface area contributed by atoms with Gasteiger partial charge in [-0.3, -0.25) is 9.59 Å². The summed E-state index contributed by atoms with van der Waals surface area (Å²) >= 11 is 12.5. The van der Waals surface area contributed by atoms with Crippen molar-refractivity contribution in [1.82, 2.24) is 9.21 Å². The third kappa shape index (κ3) is 6.12. The van der Waals surface area contributed by atoms with Gasteiger partial charge in [0.15, 0.2) is 0 Å². The van der Waals surface area contributed by atoms with Crippen molar-refractivity contribution in [3.63, 3.8) is 0 Å². The van der Waals surface area contributed by atoms with Gasteiger partial charge in [-0.1, -0.05) is 54.4 Å². The first kappa shape index (κ1) is 27.9. The maximum atomic E-state index is 13.9. The van der Waals surface area contributed by atoms with E-state index in [1.165, 1.54) is 4.31 Å². The number of ether oxygens (including phenoxy) is 1. The molecule has 0 bridgehead atoms. The largest absolute Gasteiger partial charge is 0.370 e. The highest BCUT2D eigenvalue weighted by atomic mass is 35.5. The van der Waals surface area contributed by atoms with E-state index in [0.29, 0.717) is 34.9 Å². The van der Waals surface area contributed by atoms with E-state index in [2.05, 4.69) is 0 Å². The summed E-state index contributed by atoms with van der Waals surface area (Å²) in [5, 5.41) is 0.656. The Morgan fingerprint density at radius 1 is 1.14 bits per heavy atom. The summed E-state index contributed by atoms with van der Waals surface area (Å²) in [7, 11) is -1.91. The van der Waals surface area contributed by atoms with Gasteiger partial charge in [-0.2, -0.15) is 0 Å². The number of primary amides is 1. The third-order valence-corrected chi connectivity index (χ3v) is 9.73. The van der Waals surface area contributed by atoms with Crippen molar-refractivity contribution in [3.05, 3.63) is 69.7 Å². The van der Waals surface area contributed by atoms with Gasteiger partial charge in [0.25, 0.3) is 5.91 Å². The average molecular weight is 569 g/mol. The molecule has 2 aliphatic rings. The van der Waals surface area contributed by atoms with Crippen LogP contribution in [-0.2, 0) is 24.3 Å². The van der Waals surface area contributed by atoms with Gasteiger partial charge in [-0.15, -0.1) is 0 Å². The lowest BCUT2D eigenvalue weighted by Gasteiger charge is -2.48. The van der Waals surface area contributed by atoms with E-state index >= 15 is 0 Å². The Morgan fingerprint density at radius 2 is 1.81 bits per heavy atom. The molecule has 11 heteroatoms. The zero-order chi connectivity index (χ0) is 26.9. The number of hydrogen-bond donors (Lipinski definition) is 1. The van der Waals surface area contributed by atoms with Crippen molar-refractivity contribution in [1.29, 1.82) is 0 Å². The van der Waals surface area contributed by atoms with Crippen LogP contribution in [0.25, 0.3) is 0 Å². The summed E-state index contributed by atoms with van der Waals surface area (Å²) in [6.07, 6.45) is -0.348. The molecule has 1 aliphatic carbocycles. The van der Waals surface area contributed by atoms with Crippen LogP contribution in [0.15, 0.2) is 48.5 Å². The van der Waals surface area contributed by atoms with Crippen LogP contribution in [0, 0.1) is 0 Å². The Kier molecular flexibility index (Phi) is 8.50. The number of morpholine rings is 1. The molecule has 1 saturated carbocycles. The number of rotatable bonds is 10. The van der Waals surface area contributed by atoms with Crippen LogP contribution in [0.4, 0.5) is 0 Å². The van der Waals surface area contributed by atoms with E-state index < -0.39 is 46.1 Å². The molecule has 37 heavy (non-hydrogen) atoms. The molecule has 0 unspecified atom stereocenters. The summed E-state index contributed by atoms with van der Waals surface area (Å²) in [6.45, 7) is 2.01. The van der Waals surface area contributed by atoms with Gasteiger partial charge in [-0.25, -0.2) is 12.7 Å². The number of nitrogens with two attached hydrogens (primary N) is 1. The quantitative estimate of drug-likeness (QED) is 0.465. The molecule has 8 nitrogen and oxygen atoms in total. The van der Waals surface area contributed by atoms with Crippen LogP contribution in [-0.4, -0.2) is 60.4 Å². The highest BCUT2D eigenvalue weighted by Crippen LogP contribution is 2.45. The van der Waals surface area contributed by atoms with Gasteiger partial charge >= 0.3 is 0 Å². The van der Waals surface area contributed by atoms with Crippen LogP contribution >= 0.6 is 23.2 Å². The lowest BCUT2D eigenvalue weighted by molar-refractivity contribution is -0.181. The van der Waals surface area contributed by atoms with Crippen molar-refractivity contribution in [2.24, 2.45) is 5.73 Å². The first-order valence-electron chi connectivity index (χ1n) is 12.2. The molecule has 1 heterocycles. The molecule has 200 valence electrons. The smallest absolute Gasteiger partial charge is 0.253 e. The lowest BCUT2D eigenvalue weighted by Crippen LogP contribution is -2.57. The Hall–Kier alpha value is -2.17. The number of likely N-dealkylation sites (N-methyl/N-ethyl adjacent to an activating group) is 1. The van der Waals surface area contributed by atoms with Crippen molar-refractivity contribution in [3.8, 4) is 0 Å². The van der Waals surface area contributed by atoms with Crippen molar-refractivity contribution in [2.75, 3.05) is 13.6 Å². The Bertz CT molecular complexity index is 1250. The van der Waals surface area contributed by atoms with Gasteiger partial charge in [0.05, 0.1) is 17.7 Å². The lowest BCUT2D eigenvalue weighted by atomic mass is 9.89. The second-order valence-electron chi connectivity index (χ2n) is 9.60. The van der Waals surface area contributed by atoms with E-state index in [9.17, 15) is 18.0 Å². The standard InChI is InChI=1S/C26H31Cl2N3O5S/c1-3-20(15-30(2)37(34,35)21-11-12-21)31-24(16-7-9-18(27)10-8-16)25(17-5-4-6-19(28)13-17)36-22(26(31)33)14-23(29)32/h4-10,13,20-22,24-25H,3,11-12,14-15H2,1-2H3,(H2,29,32)/t20-,22-,24+,25+/m0/s1. The van der Waals surface area contributed by atoms with Crippen molar-refractivity contribution < 1.29 is 22.7 Å². The average Bonchev–Trinajstić information content (AvgIpc) is 3.70. The maximum absolute atomic E-state index is 13.9. The second kappa shape index (κ2) is 11.3. The maximum Gasteiger partial charge on any atom is 0.253 e. The predicted molar refractivity (Wildman–Crippen MR) is 143 cm³/mol. The zero-order valence-corrected chi connectivity index (χ0v) is 23.0. The van der Waals surface area contributed by atoms with E-state index in [1.807, 2.05) is 25.1 Å². The molecule has 4 rings (SSSR count). The number of benzene rings is 2. The van der Waals surface area contributed by atoms with Crippen LogP contribution in [0.2, 0.25) is 10.0 Å². The predicted octanol–water partition coefficient (Wildman–Crippen LogP) is 4.08. The number of amides is 2. The summed E-state index contributed by atoms with van der Waals surface area (Å²) < 4.78 is 33.5. The number of sulfonamides is 1. The number of nitrogens with zero attached hydrogens (tertiary/aromatic N) is 2. The minimum absolute atomic E-state index is 0.108. The first-order valence-corrected chi connectivity index (χ1v) is 14.5. The molecule has 2 N–H and O–H groups in total. The normalized spacial score (nSPS) is 23.3. The van der Waals surface area contributed by atoms with Crippen molar-refractivity contribution >= 4 is 45.0 Å². The van der Waals surface area contributed by atoms with Crippen LogP contribution in [0.5, 0.6) is 0 Å². The van der Waals surface area contributed by atoms with Crippen molar-refractivity contribution in [2.45, 2.75) is 62.1 Å². The van der Waals surface area contributed by atoms with Crippen LogP contribution < -0.4 is 5.73 Å². The molecule has 0 aromatic heterocycles. The molecular formula is C26H31Cl2N3O5S. The fourth-order valence-corrected chi connectivity index (χ4v) is 6.80. The topological polar surface area (TPSA) is 110 Å². The molecule has 2 aromatic rings. The first-order chi connectivity index (χ1) is 17.5. The molecule has 2 fully saturated rings. The summed E-state index contributed by atoms with van der Waals surface area (Å²) in [5.74, 6) is -1.09. The van der Waals surface area contributed by atoms with E-state index in [-0.39, 0.29) is 18.2 Å². The second-order valence-corrected chi connectivity index (χ2v) is 12.8. The van der Waals surface area contributed by atoms with Gasteiger partial charge in [0.1, 0.15) is 12.2 Å². The molecule has 4 atom stereocenters. The van der Waals surface area contributed by atoms with E-state index in [4.69, 9.17) is 33.7 Å². The minimum Gasteiger partial charge on any atom is -0.370 e. The number of carbonyl (C=O) groups is 2. The van der Waals surface area contributed by atoms with Crippen LogP contribution in [0.1, 0.15) is 55.9 Å². The molecule has 1 saturated heterocycles. The third-order valence-electron chi connectivity index (χ3n) is 6.92. The van der Waals surface area contributed by atoms with Gasteiger partial charge in [-0.05, 0) is 54.7 Å². The molecule has 1 aliphatic heterocycles. The Labute approximate surface area is 227 Å². The molecule has 2 amide bonds. The molecule has 2 aromatic carbocycles. The fourth-order valence-electron chi connectivity index (χ4n) is 4.86. The SMILES string of the molecule is CC[C@@H](CN(C)S(=O)(=O)C1CC1)N1C(=O)[C@H](CC(N)=O)O[C@H](c2cccc(Cl)c2)[C@H]1c1ccc(Cl)cc1. The minimum atomic E-state index is -3.46. The fraction of sp³-hybridized carbons (Fsp3) is 0.462. The summed E-state index contributed by atoms with van der Waals surface area (Å²) in [6, 6.07) is 13.1. The summed E-state index contributed by atoms with van der Waals surface area (Å²) in [5.41, 5.74) is 6.95. The van der Waals surface area contributed by atoms with E-state index in [0.717, 1.165) is 5.56 Å². The highest BCUT2D eigenvalue weighted by molar-refractivity contribution is 7.90. The Morgan fingerprint density at radius 3 is 2.38 bits per heavy atom. The number of carbonyl (C=O) groups excluding carboxylic acids is 2. The van der Waals surface area contributed by atoms with Crippen LogP contribution in [0.3, 0.4) is 0 Å². The van der Waals surface area contributed by atoms with Gasteiger partial charge in [0, 0.05) is 29.7 Å². The monoisotopic (exact) mass is 567 g/mol. The molecule has 0 spiro atoms. The Balaban J connectivity index is 1.81. The molecule has 0 radical (unpaired) electrons. The highest BCUT2D eigenvalue weighted by Gasteiger charge is 2.48. The summed E-state index contributed by atoms with van der Waals surface area (Å²) in [4.78, 5) is 27.5. The zero-order valence-electron chi connectivity index (χ0n) is 20.7. The van der Waals surface area contributed by atoms with E-state index in [1.54, 1.807) is 42.3 Å². The van der Waals surface area contributed by atoms with Gasteiger partial charge in [0.2, 0.25) is 15.9 Å². The molecular weight excluding hydrogens is 537 g/mol. The number of hydrogen-bond acceptors (Lipinski definition) is 5. The van der Waals surface area contributed by atoms with Gasteiger partial charge < -0.3 is 15.4 Å².